The molecule has 0 fully saturated rings. The molecule has 2 aromatic rings. The second kappa shape index (κ2) is 6.41. The summed E-state index contributed by atoms with van der Waals surface area (Å²) in [4.78, 5) is 24.7. The van der Waals surface area contributed by atoms with Gasteiger partial charge in [0.25, 0.3) is 5.91 Å². The molecule has 4 nitrogen and oxygen atoms in total. The van der Waals surface area contributed by atoms with Crippen molar-refractivity contribution >= 4 is 28.2 Å². The third-order valence-corrected chi connectivity index (χ3v) is 4.40. The molecule has 1 heterocycles. The fourth-order valence-electron chi connectivity index (χ4n) is 1.93. The molecule has 1 N–H and O–H groups in total. The maximum atomic E-state index is 13.7. The maximum Gasteiger partial charge on any atom is 0.341 e. The number of halogens is 3. The van der Waals surface area contributed by atoms with Gasteiger partial charge in [0.2, 0.25) is 0 Å². The van der Waals surface area contributed by atoms with Crippen LogP contribution < -0.4 is 5.32 Å². The SMILES string of the molecule is COC(=O)c1c(NC(=O)c2ccc(F)c(F)c2F)sc(C)c1C. The fraction of sp³-hybridized carbons (Fsp3) is 0.200. The minimum absolute atomic E-state index is 0.145. The van der Waals surface area contributed by atoms with E-state index in [0.717, 1.165) is 22.3 Å². The van der Waals surface area contributed by atoms with E-state index in [9.17, 15) is 22.8 Å². The highest BCUT2D eigenvalue weighted by atomic mass is 32.1. The number of thiophene rings is 1. The molecule has 1 aromatic carbocycles. The van der Waals surface area contributed by atoms with Gasteiger partial charge in [0.1, 0.15) is 5.00 Å². The molecular formula is C15H12F3NO3S. The van der Waals surface area contributed by atoms with Gasteiger partial charge in [0.15, 0.2) is 17.5 Å². The monoisotopic (exact) mass is 343 g/mol. The zero-order valence-electron chi connectivity index (χ0n) is 12.4. The lowest BCUT2D eigenvalue weighted by Crippen LogP contribution is -2.16. The van der Waals surface area contributed by atoms with Gasteiger partial charge in [-0.25, -0.2) is 18.0 Å². The average Bonchev–Trinajstić information content (AvgIpc) is 2.78. The van der Waals surface area contributed by atoms with Crippen LogP contribution in [0.2, 0.25) is 0 Å². The third-order valence-electron chi connectivity index (χ3n) is 3.28. The predicted octanol–water partition coefficient (Wildman–Crippen LogP) is 3.82. The van der Waals surface area contributed by atoms with Gasteiger partial charge in [-0.1, -0.05) is 0 Å². The van der Waals surface area contributed by atoms with Crippen LogP contribution in [0.25, 0.3) is 0 Å². The number of rotatable bonds is 3. The van der Waals surface area contributed by atoms with E-state index in [-0.39, 0.29) is 10.6 Å². The van der Waals surface area contributed by atoms with E-state index in [0.29, 0.717) is 11.6 Å². The Morgan fingerprint density at radius 2 is 1.78 bits per heavy atom. The lowest BCUT2D eigenvalue weighted by Gasteiger charge is -2.07. The summed E-state index contributed by atoms with van der Waals surface area (Å²) in [6.45, 7) is 3.41. The molecule has 0 bridgehead atoms. The Bertz CT molecular complexity index is 802. The first-order valence-electron chi connectivity index (χ1n) is 6.41. The zero-order chi connectivity index (χ0) is 17.3. The summed E-state index contributed by atoms with van der Waals surface area (Å²) in [7, 11) is 1.19. The van der Waals surface area contributed by atoms with Crippen LogP contribution in [0.4, 0.5) is 18.2 Å². The minimum Gasteiger partial charge on any atom is -0.465 e. The summed E-state index contributed by atoms with van der Waals surface area (Å²) >= 11 is 1.10. The number of hydrogen-bond donors (Lipinski definition) is 1. The van der Waals surface area contributed by atoms with Gasteiger partial charge >= 0.3 is 5.97 Å². The summed E-state index contributed by atoms with van der Waals surface area (Å²) in [6, 6.07) is 1.48. The first kappa shape index (κ1) is 17.0. The number of nitrogens with one attached hydrogen (secondary N) is 1. The van der Waals surface area contributed by atoms with Crippen LogP contribution in [-0.2, 0) is 4.74 Å². The van der Waals surface area contributed by atoms with E-state index < -0.39 is 34.9 Å². The van der Waals surface area contributed by atoms with Crippen LogP contribution in [0.15, 0.2) is 12.1 Å². The lowest BCUT2D eigenvalue weighted by molar-refractivity contribution is 0.0601. The highest BCUT2D eigenvalue weighted by Crippen LogP contribution is 2.33. The van der Waals surface area contributed by atoms with Crippen molar-refractivity contribution in [1.29, 1.82) is 0 Å². The first-order chi connectivity index (χ1) is 10.8. The first-order valence-corrected chi connectivity index (χ1v) is 7.22. The quantitative estimate of drug-likeness (QED) is 0.681. The van der Waals surface area contributed by atoms with Gasteiger partial charge in [-0.3, -0.25) is 4.79 Å². The highest BCUT2D eigenvalue weighted by molar-refractivity contribution is 7.16. The number of ether oxygens (including phenoxy) is 1. The van der Waals surface area contributed by atoms with Crippen LogP contribution in [0.1, 0.15) is 31.2 Å². The van der Waals surface area contributed by atoms with Crippen molar-refractivity contribution in [3.63, 3.8) is 0 Å². The number of hydrogen-bond acceptors (Lipinski definition) is 4. The molecular weight excluding hydrogens is 331 g/mol. The molecule has 0 spiro atoms. The number of methoxy groups -OCH3 is 1. The van der Waals surface area contributed by atoms with Gasteiger partial charge in [0.05, 0.1) is 18.2 Å². The summed E-state index contributed by atoms with van der Waals surface area (Å²) in [5.74, 6) is -6.37. The number of aryl methyl sites for hydroxylation is 1. The molecule has 0 aliphatic rings. The fourth-order valence-corrected chi connectivity index (χ4v) is 2.98. The third kappa shape index (κ3) is 3.07. The van der Waals surface area contributed by atoms with E-state index in [1.807, 2.05) is 0 Å². The second-order valence-corrected chi connectivity index (χ2v) is 5.88. The van der Waals surface area contributed by atoms with Crippen molar-refractivity contribution in [2.45, 2.75) is 13.8 Å². The van der Waals surface area contributed by atoms with Crippen LogP contribution >= 0.6 is 11.3 Å². The number of carbonyl (C=O) groups is 2. The molecule has 0 aliphatic carbocycles. The number of anilines is 1. The molecule has 122 valence electrons. The number of amides is 1. The Morgan fingerprint density at radius 3 is 2.39 bits per heavy atom. The molecule has 1 aromatic heterocycles. The van der Waals surface area contributed by atoms with Crippen LogP contribution in [0.3, 0.4) is 0 Å². The highest BCUT2D eigenvalue weighted by Gasteiger charge is 2.24. The Hall–Kier alpha value is -2.35. The van der Waals surface area contributed by atoms with Crippen molar-refractivity contribution in [2.75, 3.05) is 12.4 Å². The Kier molecular flexibility index (Phi) is 4.74. The van der Waals surface area contributed by atoms with E-state index in [1.54, 1.807) is 13.8 Å². The standard InChI is InChI=1S/C15H12F3NO3S/c1-6-7(2)23-14(10(6)15(21)22-3)19-13(20)8-4-5-9(16)12(18)11(8)17/h4-5H,1-3H3,(H,19,20). The van der Waals surface area contributed by atoms with Crippen molar-refractivity contribution in [3.05, 3.63) is 51.2 Å². The smallest absolute Gasteiger partial charge is 0.341 e. The van der Waals surface area contributed by atoms with Gasteiger partial charge in [-0.2, -0.15) is 0 Å². The van der Waals surface area contributed by atoms with Gasteiger partial charge in [0, 0.05) is 4.88 Å². The Labute approximate surface area is 133 Å². The molecule has 1 amide bonds. The second-order valence-electron chi connectivity index (χ2n) is 4.66. The summed E-state index contributed by atoms with van der Waals surface area (Å²) in [5, 5.41) is 2.49. The largest absolute Gasteiger partial charge is 0.465 e. The Balaban J connectivity index is 2.40. The maximum absolute atomic E-state index is 13.7. The molecule has 0 unspecified atom stereocenters. The minimum atomic E-state index is -1.73. The molecule has 2 rings (SSSR count). The van der Waals surface area contributed by atoms with Gasteiger partial charge in [-0.15, -0.1) is 11.3 Å². The van der Waals surface area contributed by atoms with Crippen LogP contribution in [0, 0.1) is 31.3 Å². The normalized spacial score (nSPS) is 10.5. The predicted molar refractivity (Wildman–Crippen MR) is 79.4 cm³/mol. The molecule has 0 saturated heterocycles. The van der Waals surface area contributed by atoms with Gasteiger partial charge < -0.3 is 10.1 Å². The van der Waals surface area contributed by atoms with Crippen molar-refractivity contribution in [1.82, 2.24) is 0 Å². The number of esters is 1. The zero-order valence-corrected chi connectivity index (χ0v) is 13.2. The average molecular weight is 343 g/mol. The molecule has 0 radical (unpaired) electrons. The van der Waals surface area contributed by atoms with E-state index in [4.69, 9.17) is 0 Å². The lowest BCUT2D eigenvalue weighted by atomic mass is 10.1. The molecule has 23 heavy (non-hydrogen) atoms. The van der Waals surface area contributed by atoms with Crippen LogP contribution in [-0.4, -0.2) is 19.0 Å². The molecule has 0 saturated carbocycles. The van der Waals surface area contributed by atoms with E-state index in [1.165, 1.54) is 7.11 Å². The number of carbonyl (C=O) groups excluding carboxylic acids is 2. The molecule has 8 heteroatoms. The summed E-state index contributed by atoms with van der Waals surface area (Å²) in [6.07, 6.45) is 0. The van der Waals surface area contributed by atoms with E-state index in [2.05, 4.69) is 10.1 Å². The summed E-state index contributed by atoms with van der Waals surface area (Å²) < 4.78 is 44.4. The Morgan fingerprint density at radius 1 is 1.13 bits per heavy atom. The molecule has 0 atom stereocenters. The summed E-state index contributed by atoms with van der Waals surface area (Å²) in [5.41, 5.74) is 0.0951. The van der Waals surface area contributed by atoms with Crippen LogP contribution in [0.5, 0.6) is 0 Å². The van der Waals surface area contributed by atoms with E-state index >= 15 is 0 Å². The number of benzene rings is 1. The van der Waals surface area contributed by atoms with Crippen molar-refractivity contribution in [2.24, 2.45) is 0 Å². The van der Waals surface area contributed by atoms with Crippen molar-refractivity contribution in [3.8, 4) is 0 Å². The van der Waals surface area contributed by atoms with Gasteiger partial charge in [-0.05, 0) is 31.5 Å². The topological polar surface area (TPSA) is 55.4 Å². The molecule has 0 aliphatic heterocycles. The van der Waals surface area contributed by atoms with Crippen molar-refractivity contribution < 1.29 is 27.5 Å².